The second-order valence-electron chi connectivity index (χ2n) is 2.90. The summed E-state index contributed by atoms with van der Waals surface area (Å²) >= 11 is 6.18. The molecule has 1 fully saturated rings. The molecule has 1 aliphatic heterocycles. The summed E-state index contributed by atoms with van der Waals surface area (Å²) in [5.74, 6) is -0.110. The Morgan fingerprint density at radius 3 is 2.93 bits per heavy atom. The van der Waals surface area contributed by atoms with E-state index in [1.54, 1.807) is 0 Å². The van der Waals surface area contributed by atoms with Gasteiger partial charge in [-0.15, -0.1) is 0 Å². The summed E-state index contributed by atoms with van der Waals surface area (Å²) in [5, 5.41) is 2.58. The number of thiocarbonyl (C=S) groups is 1. The Labute approximate surface area is 91.2 Å². The molecule has 5 heteroatoms. The average molecular weight is 224 g/mol. The predicted octanol–water partition coefficient (Wildman–Crippen LogP) is 1.51. The van der Waals surface area contributed by atoms with E-state index in [-0.39, 0.29) is 5.91 Å². The van der Waals surface area contributed by atoms with Crippen molar-refractivity contribution < 1.29 is 4.79 Å². The van der Waals surface area contributed by atoms with E-state index in [4.69, 9.17) is 12.2 Å². The molecule has 1 N–H and O–H groups in total. The Bertz CT molecular complexity index is 434. The molecule has 1 amide bonds. The van der Waals surface area contributed by atoms with E-state index in [2.05, 4.69) is 5.32 Å². The van der Waals surface area contributed by atoms with E-state index in [1.165, 1.54) is 11.8 Å². The van der Waals surface area contributed by atoms with E-state index < -0.39 is 0 Å². The van der Waals surface area contributed by atoms with Gasteiger partial charge in [0, 0.05) is 18.9 Å². The highest BCUT2D eigenvalue weighted by atomic mass is 32.2. The van der Waals surface area contributed by atoms with E-state index in [0.717, 1.165) is 5.69 Å². The van der Waals surface area contributed by atoms with Crippen LogP contribution < -0.4 is 5.32 Å². The van der Waals surface area contributed by atoms with Gasteiger partial charge in [-0.25, -0.2) is 0 Å². The van der Waals surface area contributed by atoms with Crippen LogP contribution in [0.5, 0.6) is 0 Å². The average Bonchev–Trinajstić information content (AvgIpc) is 2.62. The highest BCUT2D eigenvalue weighted by molar-refractivity contribution is 8.26. The maximum atomic E-state index is 11.3. The van der Waals surface area contributed by atoms with Crippen molar-refractivity contribution in [2.24, 2.45) is 7.05 Å². The van der Waals surface area contributed by atoms with Gasteiger partial charge in [0.05, 0.1) is 4.91 Å². The Kier molecular flexibility index (Phi) is 2.43. The van der Waals surface area contributed by atoms with Crippen molar-refractivity contribution in [1.82, 2.24) is 9.88 Å². The SMILES string of the molecule is Cn1cccc1C=C1SC(=S)NC1=O. The third-order valence-corrected chi connectivity index (χ3v) is 3.07. The van der Waals surface area contributed by atoms with Crippen LogP contribution in [0.1, 0.15) is 5.69 Å². The second kappa shape index (κ2) is 3.59. The second-order valence-corrected chi connectivity index (χ2v) is 4.62. The van der Waals surface area contributed by atoms with Gasteiger partial charge in [-0.05, 0) is 18.2 Å². The summed E-state index contributed by atoms with van der Waals surface area (Å²) in [4.78, 5) is 12.0. The van der Waals surface area contributed by atoms with Crippen molar-refractivity contribution in [1.29, 1.82) is 0 Å². The zero-order valence-electron chi connectivity index (χ0n) is 7.48. The fourth-order valence-electron chi connectivity index (χ4n) is 1.18. The third kappa shape index (κ3) is 1.73. The molecule has 2 rings (SSSR count). The van der Waals surface area contributed by atoms with Crippen molar-refractivity contribution >= 4 is 40.3 Å². The summed E-state index contributed by atoms with van der Waals surface area (Å²) in [5.41, 5.74) is 0.993. The molecule has 0 unspecified atom stereocenters. The fourth-order valence-corrected chi connectivity index (χ4v) is 2.21. The number of aryl methyl sites for hydroxylation is 1. The number of carbonyl (C=O) groups excluding carboxylic acids is 1. The number of hydrogen-bond acceptors (Lipinski definition) is 3. The smallest absolute Gasteiger partial charge is 0.263 e. The van der Waals surface area contributed by atoms with Crippen LogP contribution in [0, 0.1) is 0 Å². The number of thioether (sulfide) groups is 1. The van der Waals surface area contributed by atoms with Gasteiger partial charge in [-0.1, -0.05) is 24.0 Å². The van der Waals surface area contributed by atoms with Gasteiger partial charge >= 0.3 is 0 Å². The molecule has 1 aromatic heterocycles. The summed E-state index contributed by atoms with van der Waals surface area (Å²) in [6.45, 7) is 0. The number of rotatable bonds is 1. The van der Waals surface area contributed by atoms with Gasteiger partial charge in [-0.2, -0.15) is 0 Å². The lowest BCUT2D eigenvalue weighted by molar-refractivity contribution is -0.115. The Morgan fingerprint density at radius 2 is 2.43 bits per heavy atom. The first-order chi connectivity index (χ1) is 6.66. The summed E-state index contributed by atoms with van der Waals surface area (Å²) in [6, 6.07) is 3.88. The molecule has 0 atom stereocenters. The van der Waals surface area contributed by atoms with Crippen LogP contribution in [0.2, 0.25) is 0 Å². The first-order valence-electron chi connectivity index (χ1n) is 4.03. The normalized spacial score (nSPS) is 19.1. The van der Waals surface area contributed by atoms with E-state index in [0.29, 0.717) is 9.23 Å². The van der Waals surface area contributed by atoms with Gasteiger partial charge in [-0.3, -0.25) is 4.79 Å². The molecule has 14 heavy (non-hydrogen) atoms. The Morgan fingerprint density at radius 1 is 1.64 bits per heavy atom. The van der Waals surface area contributed by atoms with Crippen LogP contribution in [0.3, 0.4) is 0 Å². The molecule has 0 radical (unpaired) electrons. The molecular weight excluding hydrogens is 216 g/mol. The van der Waals surface area contributed by atoms with Crippen LogP contribution in [0.4, 0.5) is 0 Å². The van der Waals surface area contributed by atoms with Crippen molar-refractivity contribution in [3.8, 4) is 0 Å². The van der Waals surface area contributed by atoms with Crippen LogP contribution in [0.15, 0.2) is 23.2 Å². The Balaban J connectivity index is 2.32. The van der Waals surface area contributed by atoms with Crippen LogP contribution >= 0.6 is 24.0 Å². The molecule has 0 spiro atoms. The first kappa shape index (κ1) is 9.48. The monoisotopic (exact) mass is 224 g/mol. The molecular formula is C9H8N2OS2. The minimum absolute atomic E-state index is 0.110. The molecule has 0 aromatic carbocycles. The van der Waals surface area contributed by atoms with Crippen molar-refractivity contribution in [2.75, 3.05) is 0 Å². The lowest BCUT2D eigenvalue weighted by Gasteiger charge is -1.96. The van der Waals surface area contributed by atoms with Gasteiger partial charge in [0.2, 0.25) is 0 Å². The van der Waals surface area contributed by atoms with Crippen molar-refractivity contribution in [3.05, 3.63) is 28.9 Å². The Hall–Kier alpha value is -1.07. The summed E-state index contributed by atoms with van der Waals surface area (Å²) in [7, 11) is 1.93. The molecule has 1 aromatic rings. The van der Waals surface area contributed by atoms with E-state index in [9.17, 15) is 4.79 Å². The maximum absolute atomic E-state index is 11.3. The van der Waals surface area contributed by atoms with Crippen LogP contribution in [-0.2, 0) is 11.8 Å². The predicted molar refractivity (Wildman–Crippen MR) is 61.7 cm³/mol. The zero-order chi connectivity index (χ0) is 10.1. The zero-order valence-corrected chi connectivity index (χ0v) is 9.11. The number of nitrogens with zero attached hydrogens (tertiary/aromatic N) is 1. The summed E-state index contributed by atoms with van der Waals surface area (Å²) < 4.78 is 2.47. The molecule has 2 heterocycles. The number of amides is 1. The number of carbonyl (C=O) groups is 1. The molecule has 0 saturated carbocycles. The first-order valence-corrected chi connectivity index (χ1v) is 5.25. The molecule has 1 saturated heterocycles. The summed E-state index contributed by atoms with van der Waals surface area (Å²) in [6.07, 6.45) is 3.77. The van der Waals surface area contributed by atoms with Gasteiger partial charge in [0.15, 0.2) is 0 Å². The number of aromatic nitrogens is 1. The van der Waals surface area contributed by atoms with Crippen molar-refractivity contribution in [2.45, 2.75) is 0 Å². The van der Waals surface area contributed by atoms with E-state index in [1.807, 2.05) is 36.0 Å². The maximum Gasteiger partial charge on any atom is 0.263 e. The van der Waals surface area contributed by atoms with Gasteiger partial charge < -0.3 is 9.88 Å². The van der Waals surface area contributed by atoms with Crippen LogP contribution in [0.25, 0.3) is 6.08 Å². The van der Waals surface area contributed by atoms with Gasteiger partial charge in [0.1, 0.15) is 4.32 Å². The molecule has 72 valence electrons. The highest BCUT2D eigenvalue weighted by Gasteiger charge is 2.22. The van der Waals surface area contributed by atoms with Crippen LogP contribution in [-0.4, -0.2) is 14.8 Å². The van der Waals surface area contributed by atoms with Crippen molar-refractivity contribution in [3.63, 3.8) is 0 Å². The highest BCUT2D eigenvalue weighted by Crippen LogP contribution is 2.25. The molecule has 0 aliphatic carbocycles. The lowest BCUT2D eigenvalue weighted by atomic mass is 10.3. The number of hydrogen-bond donors (Lipinski definition) is 1. The minimum Gasteiger partial charge on any atom is -0.351 e. The quantitative estimate of drug-likeness (QED) is 0.580. The largest absolute Gasteiger partial charge is 0.351 e. The standard InChI is InChI=1S/C9H8N2OS2/c1-11-4-2-3-6(11)5-7-8(12)10-9(13)14-7/h2-5H,1H3,(H,10,12,13). The molecule has 0 bridgehead atoms. The third-order valence-electron chi connectivity index (χ3n) is 1.90. The topological polar surface area (TPSA) is 34.0 Å². The lowest BCUT2D eigenvalue weighted by Crippen LogP contribution is -2.17. The molecule has 3 nitrogen and oxygen atoms in total. The fraction of sp³-hybridized carbons (Fsp3) is 0.111. The van der Waals surface area contributed by atoms with Gasteiger partial charge in [0.25, 0.3) is 5.91 Å². The minimum atomic E-state index is -0.110. The van der Waals surface area contributed by atoms with E-state index >= 15 is 0 Å². The molecule has 1 aliphatic rings. The number of nitrogens with one attached hydrogen (secondary N) is 1.